The molecular formula is C32H48N4O2. The average Bonchev–Trinajstić information content (AvgIpc) is 3.38. The van der Waals surface area contributed by atoms with E-state index in [9.17, 15) is 4.79 Å². The SMILES string of the molecule is COc1ccc(CCN2CCC[C@H]2CN(C)[C@@H](CNC(=O)Nc2ccc(C)cc2)CC2CCCCC2)cc1. The van der Waals surface area contributed by atoms with Crippen molar-refractivity contribution in [2.75, 3.05) is 45.7 Å². The van der Waals surface area contributed by atoms with Crippen molar-refractivity contribution in [3.63, 3.8) is 0 Å². The van der Waals surface area contributed by atoms with Crippen molar-refractivity contribution in [1.29, 1.82) is 0 Å². The number of likely N-dealkylation sites (tertiary alicyclic amines) is 1. The predicted octanol–water partition coefficient (Wildman–Crippen LogP) is 6.10. The van der Waals surface area contributed by atoms with Gasteiger partial charge in [0.05, 0.1) is 7.11 Å². The van der Waals surface area contributed by atoms with Crippen molar-refractivity contribution in [1.82, 2.24) is 15.1 Å². The van der Waals surface area contributed by atoms with Crippen molar-refractivity contribution in [3.8, 4) is 5.75 Å². The molecule has 2 amide bonds. The van der Waals surface area contributed by atoms with Gasteiger partial charge in [0.25, 0.3) is 0 Å². The average molecular weight is 521 g/mol. The van der Waals surface area contributed by atoms with Gasteiger partial charge in [-0.3, -0.25) is 4.90 Å². The molecule has 208 valence electrons. The van der Waals surface area contributed by atoms with E-state index in [0.717, 1.165) is 36.9 Å². The normalized spacial score (nSPS) is 19.4. The molecule has 4 rings (SSSR count). The van der Waals surface area contributed by atoms with E-state index >= 15 is 0 Å². The van der Waals surface area contributed by atoms with Crippen molar-refractivity contribution in [3.05, 3.63) is 59.7 Å². The first-order chi connectivity index (χ1) is 18.5. The second kappa shape index (κ2) is 14.5. The molecular weight excluding hydrogens is 472 g/mol. The number of benzene rings is 2. The maximum absolute atomic E-state index is 12.7. The van der Waals surface area contributed by atoms with Gasteiger partial charge in [0.1, 0.15) is 5.75 Å². The van der Waals surface area contributed by atoms with Gasteiger partial charge in [-0.15, -0.1) is 0 Å². The Labute approximate surface area is 230 Å². The summed E-state index contributed by atoms with van der Waals surface area (Å²) >= 11 is 0. The molecule has 0 aromatic heterocycles. The fourth-order valence-corrected chi connectivity index (χ4v) is 6.19. The minimum atomic E-state index is -0.113. The number of nitrogens with one attached hydrogen (secondary N) is 2. The first-order valence-corrected chi connectivity index (χ1v) is 14.7. The molecule has 2 aromatic carbocycles. The number of aryl methyl sites for hydroxylation is 1. The maximum atomic E-state index is 12.7. The highest BCUT2D eigenvalue weighted by Crippen LogP contribution is 2.29. The fourth-order valence-electron chi connectivity index (χ4n) is 6.19. The first kappa shape index (κ1) is 28.4. The smallest absolute Gasteiger partial charge is 0.319 e. The molecule has 2 aliphatic rings. The molecule has 0 radical (unpaired) electrons. The molecule has 6 heteroatoms. The lowest BCUT2D eigenvalue weighted by atomic mass is 9.84. The van der Waals surface area contributed by atoms with Gasteiger partial charge in [0, 0.05) is 37.4 Å². The summed E-state index contributed by atoms with van der Waals surface area (Å²) in [6, 6.07) is 17.3. The molecule has 1 heterocycles. The molecule has 2 fully saturated rings. The largest absolute Gasteiger partial charge is 0.497 e. The third-order valence-corrected chi connectivity index (χ3v) is 8.61. The lowest BCUT2D eigenvalue weighted by molar-refractivity contribution is 0.136. The van der Waals surface area contributed by atoms with Gasteiger partial charge in [-0.05, 0) is 81.9 Å². The minimum Gasteiger partial charge on any atom is -0.497 e. The highest BCUT2D eigenvalue weighted by Gasteiger charge is 2.29. The van der Waals surface area contributed by atoms with E-state index in [4.69, 9.17) is 4.74 Å². The summed E-state index contributed by atoms with van der Waals surface area (Å²) in [4.78, 5) is 17.9. The summed E-state index contributed by atoms with van der Waals surface area (Å²) in [5.41, 5.74) is 3.39. The van der Waals surface area contributed by atoms with Crippen LogP contribution in [0.2, 0.25) is 0 Å². The monoisotopic (exact) mass is 520 g/mol. The topological polar surface area (TPSA) is 56.8 Å². The minimum absolute atomic E-state index is 0.113. The van der Waals surface area contributed by atoms with Crippen LogP contribution in [0.15, 0.2) is 48.5 Å². The number of hydrogen-bond donors (Lipinski definition) is 2. The van der Waals surface area contributed by atoms with E-state index in [2.05, 4.69) is 58.7 Å². The first-order valence-electron chi connectivity index (χ1n) is 14.7. The zero-order chi connectivity index (χ0) is 26.7. The molecule has 6 nitrogen and oxygen atoms in total. The van der Waals surface area contributed by atoms with Gasteiger partial charge < -0.3 is 20.3 Å². The number of urea groups is 1. The van der Waals surface area contributed by atoms with Crippen LogP contribution < -0.4 is 15.4 Å². The molecule has 0 bridgehead atoms. The third-order valence-electron chi connectivity index (χ3n) is 8.61. The van der Waals surface area contributed by atoms with Gasteiger partial charge >= 0.3 is 6.03 Å². The number of anilines is 1. The summed E-state index contributed by atoms with van der Waals surface area (Å²) in [7, 11) is 3.99. The van der Waals surface area contributed by atoms with Crippen molar-refractivity contribution in [2.24, 2.45) is 5.92 Å². The zero-order valence-corrected chi connectivity index (χ0v) is 23.8. The Hall–Kier alpha value is -2.57. The summed E-state index contributed by atoms with van der Waals surface area (Å²) < 4.78 is 5.31. The number of ether oxygens (including phenoxy) is 1. The van der Waals surface area contributed by atoms with Crippen molar-refractivity contribution < 1.29 is 9.53 Å². The Morgan fingerprint density at radius 2 is 1.76 bits per heavy atom. The third kappa shape index (κ3) is 8.74. The summed E-state index contributed by atoms with van der Waals surface area (Å²) in [5, 5.41) is 6.19. The maximum Gasteiger partial charge on any atom is 0.319 e. The molecule has 0 spiro atoms. The van der Waals surface area contributed by atoms with Crippen LogP contribution in [-0.2, 0) is 6.42 Å². The van der Waals surface area contributed by atoms with E-state index in [0.29, 0.717) is 18.6 Å². The number of rotatable bonds is 12. The van der Waals surface area contributed by atoms with Crippen LogP contribution in [0.3, 0.4) is 0 Å². The van der Waals surface area contributed by atoms with Crippen molar-refractivity contribution >= 4 is 11.7 Å². The van der Waals surface area contributed by atoms with Crippen LogP contribution in [0.5, 0.6) is 5.75 Å². The second-order valence-corrected chi connectivity index (χ2v) is 11.5. The predicted molar refractivity (Wildman–Crippen MR) is 157 cm³/mol. The van der Waals surface area contributed by atoms with Gasteiger partial charge in [-0.2, -0.15) is 0 Å². The van der Waals surface area contributed by atoms with Gasteiger partial charge in [-0.25, -0.2) is 4.79 Å². The van der Waals surface area contributed by atoms with Crippen LogP contribution in [-0.4, -0.2) is 68.3 Å². The highest BCUT2D eigenvalue weighted by molar-refractivity contribution is 5.89. The number of hydrogen-bond acceptors (Lipinski definition) is 4. The van der Waals surface area contributed by atoms with Crippen LogP contribution >= 0.6 is 0 Å². The van der Waals surface area contributed by atoms with Crippen LogP contribution in [0.1, 0.15) is 62.5 Å². The number of likely N-dealkylation sites (N-methyl/N-ethyl adjacent to an activating group) is 1. The summed E-state index contributed by atoms with van der Waals surface area (Å²) in [5.74, 6) is 1.69. The van der Waals surface area contributed by atoms with Gasteiger partial charge in [0.2, 0.25) is 0 Å². The summed E-state index contributed by atoms with van der Waals surface area (Å²) in [6.07, 6.45) is 11.5. The summed E-state index contributed by atoms with van der Waals surface area (Å²) in [6.45, 7) is 6.07. The van der Waals surface area contributed by atoms with Crippen LogP contribution in [0.4, 0.5) is 10.5 Å². The van der Waals surface area contributed by atoms with E-state index < -0.39 is 0 Å². The Morgan fingerprint density at radius 3 is 2.47 bits per heavy atom. The molecule has 1 saturated carbocycles. The van der Waals surface area contributed by atoms with Gasteiger partial charge in [-0.1, -0.05) is 61.9 Å². The van der Waals surface area contributed by atoms with Crippen molar-refractivity contribution in [2.45, 2.75) is 76.8 Å². The Bertz CT molecular complexity index is 972. The lowest BCUT2D eigenvalue weighted by Crippen LogP contribution is -2.48. The molecule has 0 unspecified atom stereocenters. The molecule has 2 N–H and O–H groups in total. The zero-order valence-electron chi connectivity index (χ0n) is 23.8. The van der Waals surface area contributed by atoms with E-state index in [-0.39, 0.29) is 6.03 Å². The number of carbonyl (C=O) groups excluding carboxylic acids is 1. The molecule has 1 saturated heterocycles. The molecule has 1 aliphatic carbocycles. The lowest BCUT2D eigenvalue weighted by Gasteiger charge is -2.36. The quantitative estimate of drug-likeness (QED) is 0.355. The number of amides is 2. The van der Waals surface area contributed by atoms with Crippen LogP contribution in [0.25, 0.3) is 0 Å². The van der Waals surface area contributed by atoms with Crippen LogP contribution in [0, 0.1) is 12.8 Å². The molecule has 38 heavy (non-hydrogen) atoms. The van der Waals surface area contributed by atoms with E-state index in [1.54, 1.807) is 7.11 Å². The molecule has 1 aliphatic heterocycles. The number of methoxy groups -OCH3 is 1. The second-order valence-electron chi connectivity index (χ2n) is 11.5. The van der Waals surface area contributed by atoms with E-state index in [1.165, 1.54) is 69.0 Å². The number of nitrogens with zero attached hydrogens (tertiary/aromatic N) is 2. The Balaban J connectivity index is 1.31. The number of carbonyl (C=O) groups is 1. The molecule has 2 atom stereocenters. The van der Waals surface area contributed by atoms with E-state index in [1.807, 2.05) is 24.3 Å². The Morgan fingerprint density at radius 1 is 1.03 bits per heavy atom. The molecule has 2 aromatic rings. The van der Waals surface area contributed by atoms with Gasteiger partial charge in [0.15, 0.2) is 0 Å². The Kier molecular flexibility index (Phi) is 10.9. The standard InChI is InChI=1S/C32H48N4O2/c1-25-11-15-28(16-12-25)34-32(37)33-23-30(22-27-8-5-4-6-9-27)35(2)24-29-10-7-20-36(29)21-19-26-13-17-31(38-3)18-14-26/h11-18,27,29-30H,4-10,19-24H2,1-3H3,(H2,33,34,37)/t29-,30+/m0/s1. The highest BCUT2D eigenvalue weighted by atomic mass is 16.5. The fraction of sp³-hybridized carbons (Fsp3) is 0.594.